The van der Waals surface area contributed by atoms with Crippen LogP contribution < -0.4 is 15.0 Å². The quantitative estimate of drug-likeness (QED) is 0.548. The van der Waals surface area contributed by atoms with Gasteiger partial charge in [-0.3, -0.25) is 10.0 Å². The molecule has 10 heteroatoms. The predicted molar refractivity (Wildman–Crippen MR) is 97.9 cm³/mol. The van der Waals surface area contributed by atoms with Crippen LogP contribution >= 0.6 is 0 Å². The average Bonchev–Trinajstić information content (AvgIpc) is 2.74. The number of ether oxygens (including phenoxy) is 3. The number of sulfonamides is 1. The molecule has 9 nitrogen and oxygen atoms in total. The number of hydrogen-bond acceptors (Lipinski definition) is 7. The van der Waals surface area contributed by atoms with Gasteiger partial charge in [0.05, 0.1) is 25.2 Å². The van der Waals surface area contributed by atoms with E-state index in [1.54, 1.807) is 31.4 Å². The third-order valence-electron chi connectivity index (χ3n) is 4.22. The number of carbonyl (C=O) groups excluding carboxylic acids is 1. The van der Waals surface area contributed by atoms with Crippen LogP contribution in [0.25, 0.3) is 0 Å². The first-order valence-electron chi connectivity index (χ1n) is 8.41. The number of nitrogens with one attached hydrogen (secondary N) is 1. The van der Waals surface area contributed by atoms with Gasteiger partial charge in [-0.25, -0.2) is 13.9 Å². The zero-order valence-electron chi connectivity index (χ0n) is 15.1. The van der Waals surface area contributed by atoms with Crippen LogP contribution in [0.5, 0.6) is 17.2 Å². The van der Waals surface area contributed by atoms with Crippen LogP contribution in [0.1, 0.15) is 0 Å². The number of rotatable bonds is 6. The second kappa shape index (κ2) is 8.57. The molecular weight excluding hydrogens is 388 g/mol. The fourth-order valence-corrected chi connectivity index (χ4v) is 4.31. The van der Waals surface area contributed by atoms with E-state index in [-0.39, 0.29) is 24.7 Å². The van der Waals surface area contributed by atoms with Gasteiger partial charge >= 0.3 is 0 Å². The van der Waals surface area contributed by atoms with E-state index in [1.165, 1.54) is 29.7 Å². The van der Waals surface area contributed by atoms with Crippen LogP contribution in [0.4, 0.5) is 0 Å². The van der Waals surface area contributed by atoms with E-state index in [9.17, 15) is 13.2 Å². The van der Waals surface area contributed by atoms with Crippen molar-refractivity contribution in [1.82, 2.24) is 9.79 Å². The molecule has 2 N–H and O–H groups in total. The Hall–Kier alpha value is -2.66. The lowest BCUT2D eigenvalue weighted by atomic mass is 10.3. The molecule has 1 unspecified atom stereocenters. The maximum absolute atomic E-state index is 12.9. The van der Waals surface area contributed by atoms with Crippen LogP contribution in [0.2, 0.25) is 0 Å². The summed E-state index contributed by atoms with van der Waals surface area (Å²) in [6, 6.07) is 11.7. The summed E-state index contributed by atoms with van der Waals surface area (Å²) in [5.41, 5.74) is 1.48. The maximum atomic E-state index is 12.9. The SMILES string of the molecule is COc1ccc(Oc2ccc(S(=O)(=O)N3CCOCC3C(=O)NO)cc2)cc1. The summed E-state index contributed by atoms with van der Waals surface area (Å²) >= 11 is 0. The Bertz CT molecular complexity index is 914. The third-order valence-corrected chi connectivity index (χ3v) is 6.14. The Labute approximate surface area is 162 Å². The molecule has 1 amide bonds. The van der Waals surface area contributed by atoms with Crippen molar-refractivity contribution < 1.29 is 32.6 Å². The number of hydroxylamine groups is 1. The van der Waals surface area contributed by atoms with Crippen LogP contribution in [0.15, 0.2) is 53.4 Å². The van der Waals surface area contributed by atoms with Crippen molar-refractivity contribution in [2.24, 2.45) is 0 Å². The molecule has 28 heavy (non-hydrogen) atoms. The first-order chi connectivity index (χ1) is 13.5. The average molecular weight is 408 g/mol. The second-order valence-corrected chi connectivity index (χ2v) is 7.82. The number of nitrogens with zero attached hydrogens (tertiary/aromatic N) is 1. The summed E-state index contributed by atoms with van der Waals surface area (Å²) in [6.07, 6.45) is 0. The minimum Gasteiger partial charge on any atom is -0.497 e. The Kier molecular flexibility index (Phi) is 6.15. The largest absolute Gasteiger partial charge is 0.497 e. The predicted octanol–water partition coefficient (Wildman–Crippen LogP) is 1.38. The number of amides is 1. The van der Waals surface area contributed by atoms with E-state index in [1.807, 2.05) is 0 Å². The molecule has 2 aromatic carbocycles. The van der Waals surface area contributed by atoms with Gasteiger partial charge in [0.15, 0.2) is 0 Å². The fraction of sp³-hybridized carbons (Fsp3) is 0.278. The summed E-state index contributed by atoms with van der Waals surface area (Å²) in [5, 5.41) is 8.85. The van der Waals surface area contributed by atoms with E-state index in [4.69, 9.17) is 19.4 Å². The summed E-state index contributed by atoms with van der Waals surface area (Å²) in [6.45, 7) is 0.0297. The second-order valence-electron chi connectivity index (χ2n) is 5.93. The Balaban J connectivity index is 1.78. The van der Waals surface area contributed by atoms with E-state index in [0.717, 1.165) is 4.31 Å². The van der Waals surface area contributed by atoms with Crippen molar-refractivity contribution >= 4 is 15.9 Å². The van der Waals surface area contributed by atoms with Crippen LogP contribution in [-0.2, 0) is 19.6 Å². The molecule has 1 saturated heterocycles. The lowest BCUT2D eigenvalue weighted by Crippen LogP contribution is -2.55. The molecular formula is C18H20N2O7S. The van der Waals surface area contributed by atoms with Gasteiger partial charge in [-0.2, -0.15) is 4.31 Å². The highest BCUT2D eigenvalue weighted by atomic mass is 32.2. The smallest absolute Gasteiger partial charge is 0.264 e. The molecule has 1 aliphatic heterocycles. The third kappa shape index (κ3) is 4.25. The molecule has 0 saturated carbocycles. The van der Waals surface area contributed by atoms with Crippen LogP contribution in [-0.4, -0.2) is 56.7 Å². The lowest BCUT2D eigenvalue weighted by molar-refractivity contribution is -0.137. The standard InChI is InChI=1S/C18H20N2O7S/c1-25-13-2-4-14(5-3-13)27-15-6-8-16(9-7-15)28(23,24)20-10-11-26-12-17(20)18(21)19-22/h2-9,17,22H,10-12H2,1H3,(H,19,21). The first-order valence-corrected chi connectivity index (χ1v) is 9.85. The molecule has 1 heterocycles. The minimum absolute atomic E-state index is 0.00448. The van der Waals surface area contributed by atoms with E-state index >= 15 is 0 Å². The molecule has 0 aliphatic carbocycles. The van der Waals surface area contributed by atoms with Gasteiger partial charge in [0, 0.05) is 6.54 Å². The molecule has 3 rings (SSSR count). The highest BCUT2D eigenvalue weighted by molar-refractivity contribution is 7.89. The van der Waals surface area contributed by atoms with Gasteiger partial charge in [-0.1, -0.05) is 0 Å². The van der Waals surface area contributed by atoms with E-state index in [0.29, 0.717) is 17.2 Å². The Morgan fingerprint density at radius 1 is 1.11 bits per heavy atom. The van der Waals surface area contributed by atoms with Gasteiger partial charge in [0.25, 0.3) is 5.91 Å². The molecule has 1 aliphatic rings. The van der Waals surface area contributed by atoms with Gasteiger partial charge in [0.2, 0.25) is 10.0 Å². The highest BCUT2D eigenvalue weighted by Gasteiger charge is 2.38. The number of benzene rings is 2. The molecule has 0 radical (unpaired) electrons. The summed E-state index contributed by atoms with van der Waals surface area (Å²) in [7, 11) is -2.39. The minimum atomic E-state index is -3.96. The lowest BCUT2D eigenvalue weighted by Gasteiger charge is -2.32. The number of methoxy groups -OCH3 is 1. The maximum Gasteiger partial charge on any atom is 0.264 e. The van der Waals surface area contributed by atoms with Crippen molar-refractivity contribution in [2.75, 3.05) is 26.9 Å². The Morgan fingerprint density at radius 3 is 2.25 bits per heavy atom. The number of morpholine rings is 1. The van der Waals surface area contributed by atoms with Crippen LogP contribution in [0, 0.1) is 0 Å². The first kappa shape index (κ1) is 20.1. The molecule has 0 aromatic heterocycles. The van der Waals surface area contributed by atoms with Crippen molar-refractivity contribution in [3.8, 4) is 17.2 Å². The Morgan fingerprint density at radius 2 is 1.68 bits per heavy atom. The van der Waals surface area contributed by atoms with E-state index in [2.05, 4.69) is 0 Å². The van der Waals surface area contributed by atoms with Gasteiger partial charge < -0.3 is 14.2 Å². The summed E-state index contributed by atoms with van der Waals surface area (Å²) < 4.78 is 42.8. The van der Waals surface area contributed by atoms with E-state index < -0.39 is 22.0 Å². The van der Waals surface area contributed by atoms with Crippen molar-refractivity contribution in [3.63, 3.8) is 0 Å². The molecule has 2 aromatic rings. The molecule has 150 valence electrons. The number of hydrogen-bond donors (Lipinski definition) is 2. The monoisotopic (exact) mass is 408 g/mol. The van der Waals surface area contributed by atoms with Gasteiger partial charge in [-0.15, -0.1) is 0 Å². The topological polar surface area (TPSA) is 114 Å². The molecule has 1 fully saturated rings. The zero-order chi connectivity index (χ0) is 20.1. The van der Waals surface area contributed by atoms with Crippen molar-refractivity contribution in [3.05, 3.63) is 48.5 Å². The molecule has 0 bridgehead atoms. The van der Waals surface area contributed by atoms with Gasteiger partial charge in [0.1, 0.15) is 23.3 Å². The summed E-state index contributed by atoms with van der Waals surface area (Å²) in [5.74, 6) is 0.878. The highest BCUT2D eigenvalue weighted by Crippen LogP contribution is 2.27. The number of carbonyl (C=O) groups is 1. The van der Waals surface area contributed by atoms with Crippen molar-refractivity contribution in [1.29, 1.82) is 0 Å². The molecule has 0 spiro atoms. The van der Waals surface area contributed by atoms with Crippen molar-refractivity contribution in [2.45, 2.75) is 10.9 Å². The normalized spacial score (nSPS) is 17.7. The van der Waals surface area contributed by atoms with Crippen LogP contribution in [0.3, 0.4) is 0 Å². The van der Waals surface area contributed by atoms with Gasteiger partial charge in [-0.05, 0) is 48.5 Å². The zero-order valence-corrected chi connectivity index (χ0v) is 15.9. The fourth-order valence-electron chi connectivity index (χ4n) is 2.75. The summed E-state index contributed by atoms with van der Waals surface area (Å²) in [4.78, 5) is 11.8. The molecule has 1 atom stereocenters.